The Balaban J connectivity index is 1.56. The van der Waals surface area contributed by atoms with Gasteiger partial charge < -0.3 is 15.1 Å². The van der Waals surface area contributed by atoms with E-state index in [0.29, 0.717) is 6.54 Å². The number of aryl methyl sites for hydroxylation is 2. The maximum atomic E-state index is 12.4. The van der Waals surface area contributed by atoms with Crippen molar-refractivity contribution in [3.05, 3.63) is 53.6 Å². The van der Waals surface area contributed by atoms with Crippen LogP contribution in [-0.4, -0.2) is 31.4 Å². The normalized spacial score (nSPS) is 13.8. The Morgan fingerprint density at radius 1 is 0.966 bits per heavy atom. The Morgan fingerprint density at radius 2 is 1.66 bits per heavy atom. The lowest BCUT2D eigenvalue weighted by atomic mass is 10.1. The van der Waals surface area contributed by atoms with Gasteiger partial charge in [0.25, 0.3) is 0 Å². The number of rotatable bonds is 6. The van der Waals surface area contributed by atoms with Crippen LogP contribution in [-0.2, 0) is 9.59 Å². The number of benzene rings is 2. The highest BCUT2D eigenvalue weighted by Crippen LogP contribution is 2.22. The van der Waals surface area contributed by atoms with E-state index in [1.165, 1.54) is 37.4 Å². The lowest BCUT2D eigenvalue weighted by Gasteiger charge is -2.28. The smallest absolute Gasteiger partial charge is 0.226 e. The first kappa shape index (κ1) is 20.9. The van der Waals surface area contributed by atoms with Crippen LogP contribution in [0.4, 0.5) is 17.1 Å². The second-order valence-electron chi connectivity index (χ2n) is 7.83. The zero-order valence-electron chi connectivity index (χ0n) is 17.7. The number of anilines is 3. The molecule has 154 valence electrons. The maximum absolute atomic E-state index is 12.4. The molecule has 1 fully saturated rings. The molecule has 0 atom stereocenters. The number of amides is 2. The Morgan fingerprint density at radius 3 is 2.28 bits per heavy atom. The van der Waals surface area contributed by atoms with E-state index in [-0.39, 0.29) is 18.2 Å². The highest BCUT2D eigenvalue weighted by atomic mass is 16.2. The molecule has 1 aliphatic rings. The predicted octanol–water partition coefficient (Wildman–Crippen LogP) is 4.68. The van der Waals surface area contributed by atoms with Crippen molar-refractivity contribution >= 4 is 28.9 Å². The van der Waals surface area contributed by atoms with Crippen LogP contribution in [0.2, 0.25) is 0 Å². The minimum atomic E-state index is -0.0918. The Hall–Kier alpha value is -2.82. The van der Waals surface area contributed by atoms with Crippen molar-refractivity contribution in [3.8, 4) is 0 Å². The number of nitrogens with zero attached hydrogens (tertiary/aromatic N) is 2. The van der Waals surface area contributed by atoms with Gasteiger partial charge in [-0.3, -0.25) is 9.59 Å². The highest BCUT2D eigenvalue weighted by molar-refractivity contribution is 5.95. The van der Waals surface area contributed by atoms with Crippen molar-refractivity contribution in [2.75, 3.05) is 34.8 Å². The monoisotopic (exact) mass is 393 g/mol. The molecule has 1 heterocycles. The molecule has 1 N–H and O–H groups in total. The van der Waals surface area contributed by atoms with Gasteiger partial charge in [-0.05, 0) is 80.6 Å². The van der Waals surface area contributed by atoms with E-state index in [1.54, 1.807) is 4.90 Å². The number of piperidine rings is 1. The van der Waals surface area contributed by atoms with E-state index in [4.69, 9.17) is 0 Å². The molecule has 0 aliphatic carbocycles. The average Bonchev–Trinajstić information content (AvgIpc) is 2.71. The van der Waals surface area contributed by atoms with Crippen LogP contribution >= 0.6 is 0 Å². The molecule has 1 aliphatic heterocycles. The standard InChI is InChI=1S/C24H31N3O2/c1-18-7-10-23(17-19(18)2)27(20(3)28)16-13-24(29)25-21-8-11-22(12-9-21)26-14-5-4-6-15-26/h7-12,17H,4-6,13-16H2,1-3H3,(H,25,29). The molecule has 5 nitrogen and oxygen atoms in total. The van der Waals surface area contributed by atoms with Gasteiger partial charge in [-0.2, -0.15) is 0 Å². The van der Waals surface area contributed by atoms with E-state index in [0.717, 1.165) is 30.0 Å². The Labute approximate surface area is 173 Å². The van der Waals surface area contributed by atoms with Gasteiger partial charge in [0.1, 0.15) is 0 Å². The number of nitrogens with one attached hydrogen (secondary N) is 1. The van der Waals surface area contributed by atoms with Gasteiger partial charge in [0.2, 0.25) is 11.8 Å². The second kappa shape index (κ2) is 9.59. The zero-order chi connectivity index (χ0) is 20.8. The molecule has 2 aromatic rings. The molecular formula is C24H31N3O2. The van der Waals surface area contributed by atoms with E-state index < -0.39 is 0 Å². The SMILES string of the molecule is CC(=O)N(CCC(=O)Nc1ccc(N2CCCCC2)cc1)c1ccc(C)c(C)c1. The van der Waals surface area contributed by atoms with Crippen molar-refractivity contribution in [3.63, 3.8) is 0 Å². The summed E-state index contributed by atoms with van der Waals surface area (Å²) in [6, 6.07) is 14.0. The van der Waals surface area contributed by atoms with Crippen LogP contribution in [0.25, 0.3) is 0 Å². The summed E-state index contributed by atoms with van der Waals surface area (Å²) in [5.41, 5.74) is 5.14. The Bertz CT molecular complexity index is 855. The summed E-state index contributed by atoms with van der Waals surface area (Å²) in [7, 11) is 0. The van der Waals surface area contributed by atoms with Gasteiger partial charge in [0, 0.05) is 50.0 Å². The molecule has 2 amide bonds. The van der Waals surface area contributed by atoms with Gasteiger partial charge >= 0.3 is 0 Å². The lowest BCUT2D eigenvalue weighted by Crippen LogP contribution is -2.32. The summed E-state index contributed by atoms with van der Waals surface area (Å²) in [5, 5.41) is 2.94. The van der Waals surface area contributed by atoms with Crippen LogP contribution in [0.5, 0.6) is 0 Å². The summed E-state index contributed by atoms with van der Waals surface area (Å²) >= 11 is 0. The van der Waals surface area contributed by atoms with Gasteiger partial charge in [0.15, 0.2) is 0 Å². The first-order valence-corrected chi connectivity index (χ1v) is 10.4. The van der Waals surface area contributed by atoms with E-state index in [2.05, 4.69) is 22.3 Å². The largest absolute Gasteiger partial charge is 0.372 e. The first-order chi connectivity index (χ1) is 13.9. The predicted molar refractivity (Wildman–Crippen MR) is 120 cm³/mol. The summed E-state index contributed by atoms with van der Waals surface area (Å²) in [6.07, 6.45) is 4.04. The minimum Gasteiger partial charge on any atom is -0.372 e. The minimum absolute atomic E-state index is 0.0630. The molecule has 0 saturated carbocycles. The molecule has 2 aromatic carbocycles. The molecule has 0 bridgehead atoms. The molecule has 0 unspecified atom stereocenters. The molecule has 3 rings (SSSR count). The summed E-state index contributed by atoms with van der Waals surface area (Å²) in [6.45, 7) is 8.16. The number of hydrogen-bond donors (Lipinski definition) is 1. The van der Waals surface area contributed by atoms with Crippen molar-refractivity contribution in [1.29, 1.82) is 0 Å². The number of carbonyl (C=O) groups is 2. The fourth-order valence-electron chi connectivity index (χ4n) is 3.71. The van der Waals surface area contributed by atoms with Crippen molar-refractivity contribution in [2.45, 2.75) is 46.5 Å². The topological polar surface area (TPSA) is 52.7 Å². The second-order valence-corrected chi connectivity index (χ2v) is 7.83. The quantitative estimate of drug-likeness (QED) is 0.776. The fourth-order valence-corrected chi connectivity index (χ4v) is 3.71. The van der Waals surface area contributed by atoms with Crippen LogP contribution in [0.15, 0.2) is 42.5 Å². The van der Waals surface area contributed by atoms with Crippen LogP contribution in [0.1, 0.15) is 43.7 Å². The third kappa shape index (κ3) is 5.59. The lowest BCUT2D eigenvalue weighted by molar-refractivity contribution is -0.117. The van der Waals surface area contributed by atoms with Gasteiger partial charge in [-0.1, -0.05) is 6.07 Å². The van der Waals surface area contributed by atoms with Crippen molar-refractivity contribution < 1.29 is 9.59 Å². The first-order valence-electron chi connectivity index (χ1n) is 10.4. The third-order valence-electron chi connectivity index (χ3n) is 5.62. The molecule has 1 saturated heterocycles. The molecule has 0 aromatic heterocycles. The molecule has 0 radical (unpaired) electrons. The molecular weight excluding hydrogens is 362 g/mol. The van der Waals surface area contributed by atoms with Crippen molar-refractivity contribution in [2.24, 2.45) is 0 Å². The van der Waals surface area contributed by atoms with E-state index in [9.17, 15) is 9.59 Å². The van der Waals surface area contributed by atoms with Gasteiger partial charge in [-0.15, -0.1) is 0 Å². The van der Waals surface area contributed by atoms with Crippen molar-refractivity contribution in [1.82, 2.24) is 0 Å². The maximum Gasteiger partial charge on any atom is 0.226 e. The highest BCUT2D eigenvalue weighted by Gasteiger charge is 2.15. The zero-order valence-corrected chi connectivity index (χ0v) is 17.7. The molecule has 0 spiro atoms. The van der Waals surface area contributed by atoms with Gasteiger partial charge in [0.05, 0.1) is 0 Å². The van der Waals surface area contributed by atoms with Gasteiger partial charge in [-0.25, -0.2) is 0 Å². The summed E-state index contributed by atoms with van der Waals surface area (Å²) in [4.78, 5) is 28.6. The van der Waals surface area contributed by atoms with E-state index in [1.807, 2.05) is 44.2 Å². The molecule has 5 heteroatoms. The number of hydrogen-bond acceptors (Lipinski definition) is 3. The molecule has 29 heavy (non-hydrogen) atoms. The number of carbonyl (C=O) groups excluding carboxylic acids is 2. The fraction of sp³-hybridized carbons (Fsp3) is 0.417. The summed E-state index contributed by atoms with van der Waals surface area (Å²) in [5.74, 6) is -0.155. The third-order valence-corrected chi connectivity index (χ3v) is 5.62. The van der Waals surface area contributed by atoms with Crippen LogP contribution < -0.4 is 15.1 Å². The Kier molecular flexibility index (Phi) is 6.91. The summed E-state index contributed by atoms with van der Waals surface area (Å²) < 4.78 is 0. The van der Waals surface area contributed by atoms with Crippen LogP contribution in [0.3, 0.4) is 0 Å². The van der Waals surface area contributed by atoms with Crippen LogP contribution in [0, 0.1) is 13.8 Å². The average molecular weight is 394 g/mol. The van der Waals surface area contributed by atoms with E-state index >= 15 is 0 Å².